The molecule has 1 aromatic carbocycles. The minimum atomic E-state index is -3.78. The zero-order valence-electron chi connectivity index (χ0n) is 16.4. The maximum Gasteiger partial charge on any atom is 0.338 e. The predicted molar refractivity (Wildman–Crippen MR) is 109 cm³/mol. The molecule has 30 heavy (non-hydrogen) atoms. The molecule has 1 aliphatic heterocycles. The lowest BCUT2D eigenvalue weighted by Gasteiger charge is -2.29. The highest BCUT2D eigenvalue weighted by atomic mass is 32.2. The van der Waals surface area contributed by atoms with Gasteiger partial charge < -0.3 is 24.8 Å². The second kappa shape index (κ2) is 8.76. The third kappa shape index (κ3) is 4.26. The van der Waals surface area contributed by atoms with Crippen LogP contribution in [0.25, 0.3) is 0 Å². The van der Waals surface area contributed by atoms with Gasteiger partial charge in [-0.2, -0.15) is 0 Å². The number of methoxy groups -OCH3 is 3. The maximum atomic E-state index is 12.8. The van der Waals surface area contributed by atoms with Gasteiger partial charge in [0.2, 0.25) is 0 Å². The van der Waals surface area contributed by atoms with Crippen LogP contribution >= 0.6 is 11.3 Å². The predicted octanol–water partition coefficient (Wildman–Crippen LogP) is 2.02. The number of thiophene rings is 1. The second-order valence-electron chi connectivity index (χ2n) is 6.22. The molecule has 0 spiro atoms. The van der Waals surface area contributed by atoms with Crippen molar-refractivity contribution in [2.45, 2.75) is 10.3 Å². The van der Waals surface area contributed by atoms with Gasteiger partial charge in [0.1, 0.15) is 4.21 Å². The standard InChI is InChI=1S/C19H20N2O7S2/c1-26-13-7-6-11(9-14(13)27-2)17-16(18(22)28-3)12(20-19(23)21-17)10-30(24,25)15-5-4-8-29-15/h4-9,17H,10H2,1-3H3,(H2,20,21,23)/t17-/m1/s1. The number of benzene rings is 1. The summed E-state index contributed by atoms with van der Waals surface area (Å²) in [5, 5.41) is 6.72. The molecule has 0 bridgehead atoms. The fourth-order valence-corrected chi connectivity index (χ4v) is 5.48. The first kappa shape index (κ1) is 21.7. The van der Waals surface area contributed by atoms with E-state index in [1.165, 1.54) is 27.4 Å². The van der Waals surface area contributed by atoms with Crippen LogP contribution < -0.4 is 20.1 Å². The van der Waals surface area contributed by atoms with Crippen molar-refractivity contribution in [3.63, 3.8) is 0 Å². The number of amides is 2. The van der Waals surface area contributed by atoms with Crippen molar-refractivity contribution in [1.29, 1.82) is 0 Å². The molecule has 2 amide bonds. The summed E-state index contributed by atoms with van der Waals surface area (Å²) in [5.74, 6) is -0.473. The van der Waals surface area contributed by atoms with E-state index in [1.54, 1.807) is 29.6 Å². The van der Waals surface area contributed by atoms with E-state index in [0.29, 0.717) is 17.1 Å². The monoisotopic (exact) mass is 452 g/mol. The Hall–Kier alpha value is -3.05. The normalized spacial score (nSPS) is 16.5. The van der Waals surface area contributed by atoms with Crippen LogP contribution in [0.5, 0.6) is 11.5 Å². The first-order chi connectivity index (χ1) is 14.3. The third-order valence-corrected chi connectivity index (χ3v) is 7.57. The molecule has 0 fully saturated rings. The van der Waals surface area contributed by atoms with Gasteiger partial charge in [0, 0.05) is 5.70 Å². The molecule has 0 aliphatic carbocycles. The van der Waals surface area contributed by atoms with Crippen LogP contribution in [-0.4, -0.2) is 47.5 Å². The highest BCUT2D eigenvalue weighted by Crippen LogP contribution is 2.35. The van der Waals surface area contributed by atoms with Gasteiger partial charge in [0.25, 0.3) is 0 Å². The summed E-state index contributed by atoms with van der Waals surface area (Å²) in [5.41, 5.74) is 0.442. The van der Waals surface area contributed by atoms with Crippen molar-refractivity contribution < 1.29 is 32.2 Å². The second-order valence-corrected chi connectivity index (χ2v) is 9.38. The van der Waals surface area contributed by atoms with Crippen molar-refractivity contribution in [1.82, 2.24) is 10.6 Å². The molecule has 0 unspecified atom stereocenters. The molecule has 2 N–H and O–H groups in total. The van der Waals surface area contributed by atoms with Crippen LogP contribution in [0.1, 0.15) is 11.6 Å². The lowest BCUT2D eigenvalue weighted by atomic mass is 9.95. The van der Waals surface area contributed by atoms with Crippen LogP contribution in [0.3, 0.4) is 0 Å². The number of rotatable bonds is 7. The summed E-state index contributed by atoms with van der Waals surface area (Å²) in [6, 6.07) is 6.36. The third-order valence-electron chi connectivity index (χ3n) is 4.44. The number of sulfone groups is 1. The van der Waals surface area contributed by atoms with Crippen LogP contribution in [0.2, 0.25) is 0 Å². The minimum Gasteiger partial charge on any atom is -0.493 e. The molecule has 0 saturated carbocycles. The number of hydrogen-bond acceptors (Lipinski definition) is 8. The smallest absolute Gasteiger partial charge is 0.338 e. The molecule has 1 aliphatic rings. The Morgan fingerprint density at radius 1 is 1.13 bits per heavy atom. The van der Waals surface area contributed by atoms with E-state index in [0.717, 1.165) is 11.3 Å². The highest BCUT2D eigenvalue weighted by Gasteiger charge is 2.36. The first-order valence-corrected chi connectivity index (χ1v) is 11.2. The molecule has 3 rings (SSSR count). The molecule has 2 heterocycles. The van der Waals surface area contributed by atoms with Gasteiger partial charge in [-0.05, 0) is 29.1 Å². The van der Waals surface area contributed by atoms with Gasteiger partial charge >= 0.3 is 12.0 Å². The van der Waals surface area contributed by atoms with Gasteiger partial charge in [-0.15, -0.1) is 11.3 Å². The molecular formula is C19H20N2O7S2. The number of ether oxygens (including phenoxy) is 3. The first-order valence-electron chi connectivity index (χ1n) is 8.67. The largest absolute Gasteiger partial charge is 0.493 e. The lowest BCUT2D eigenvalue weighted by molar-refractivity contribution is -0.136. The Bertz CT molecular complexity index is 1090. The van der Waals surface area contributed by atoms with Crippen molar-refractivity contribution in [3.05, 3.63) is 52.5 Å². The topological polar surface area (TPSA) is 120 Å². The molecule has 160 valence electrons. The fourth-order valence-electron chi connectivity index (χ4n) is 3.07. The highest BCUT2D eigenvalue weighted by molar-refractivity contribution is 7.93. The number of carbonyl (C=O) groups excluding carboxylic acids is 2. The summed E-state index contributed by atoms with van der Waals surface area (Å²) < 4.78 is 41.1. The van der Waals surface area contributed by atoms with Crippen LogP contribution in [-0.2, 0) is 19.4 Å². The zero-order valence-corrected chi connectivity index (χ0v) is 18.1. The average molecular weight is 453 g/mol. The van der Waals surface area contributed by atoms with E-state index in [-0.39, 0.29) is 15.5 Å². The minimum absolute atomic E-state index is 0.00977. The number of nitrogens with one attached hydrogen (secondary N) is 2. The quantitative estimate of drug-likeness (QED) is 0.617. The van der Waals surface area contributed by atoms with E-state index in [9.17, 15) is 18.0 Å². The van der Waals surface area contributed by atoms with Crippen LogP contribution in [0, 0.1) is 0 Å². The molecule has 1 aromatic heterocycles. The number of carbonyl (C=O) groups is 2. The molecular weight excluding hydrogens is 432 g/mol. The summed E-state index contributed by atoms with van der Waals surface area (Å²) in [6.07, 6.45) is 0. The Balaban J connectivity index is 2.11. The number of esters is 1. The molecule has 11 heteroatoms. The van der Waals surface area contributed by atoms with Crippen molar-refractivity contribution in [2.75, 3.05) is 27.1 Å². The Labute approximate surface area is 177 Å². The van der Waals surface area contributed by atoms with Gasteiger partial charge in [0.05, 0.1) is 38.7 Å². The Kier molecular flexibility index (Phi) is 6.32. The molecule has 1 atom stereocenters. The van der Waals surface area contributed by atoms with Gasteiger partial charge in [0.15, 0.2) is 21.3 Å². The number of urea groups is 1. The summed E-state index contributed by atoms with van der Waals surface area (Å²) in [7, 11) is 0.346. The molecule has 0 saturated heterocycles. The Morgan fingerprint density at radius 3 is 2.47 bits per heavy atom. The van der Waals surface area contributed by atoms with Crippen molar-refractivity contribution >= 4 is 33.2 Å². The van der Waals surface area contributed by atoms with Gasteiger partial charge in [-0.3, -0.25) is 0 Å². The van der Waals surface area contributed by atoms with Gasteiger partial charge in [-0.25, -0.2) is 18.0 Å². The van der Waals surface area contributed by atoms with E-state index >= 15 is 0 Å². The van der Waals surface area contributed by atoms with Gasteiger partial charge in [-0.1, -0.05) is 12.1 Å². The molecule has 0 radical (unpaired) electrons. The number of hydrogen-bond donors (Lipinski definition) is 2. The van der Waals surface area contributed by atoms with E-state index < -0.39 is 33.6 Å². The average Bonchev–Trinajstić information content (AvgIpc) is 3.28. The van der Waals surface area contributed by atoms with Crippen LogP contribution in [0.4, 0.5) is 4.79 Å². The van der Waals surface area contributed by atoms with E-state index in [4.69, 9.17) is 14.2 Å². The Morgan fingerprint density at radius 2 is 1.87 bits per heavy atom. The SMILES string of the molecule is COC(=O)C1=C(CS(=O)(=O)c2cccs2)NC(=O)N[C@@H]1c1ccc(OC)c(OC)c1. The molecule has 2 aromatic rings. The van der Waals surface area contributed by atoms with E-state index in [2.05, 4.69) is 10.6 Å². The van der Waals surface area contributed by atoms with E-state index in [1.807, 2.05) is 0 Å². The lowest BCUT2D eigenvalue weighted by Crippen LogP contribution is -2.47. The summed E-state index contributed by atoms with van der Waals surface area (Å²) in [6.45, 7) is 0. The fraction of sp³-hybridized carbons (Fsp3) is 0.263. The van der Waals surface area contributed by atoms with Crippen molar-refractivity contribution in [3.8, 4) is 11.5 Å². The van der Waals surface area contributed by atoms with Crippen molar-refractivity contribution in [2.24, 2.45) is 0 Å². The zero-order chi connectivity index (χ0) is 21.9. The molecule has 9 nitrogen and oxygen atoms in total. The summed E-state index contributed by atoms with van der Waals surface area (Å²) in [4.78, 5) is 24.9. The summed E-state index contributed by atoms with van der Waals surface area (Å²) >= 11 is 1.06. The maximum absolute atomic E-state index is 12.8. The van der Waals surface area contributed by atoms with Crippen LogP contribution in [0.15, 0.2) is 51.2 Å².